The molecule has 2 heterocycles. The molecule has 0 atom stereocenters. The number of thiocarbonyl (C=S) groups is 1. The Morgan fingerprint density at radius 1 is 1.11 bits per heavy atom. The van der Waals surface area contributed by atoms with Crippen molar-refractivity contribution in [3.63, 3.8) is 0 Å². The summed E-state index contributed by atoms with van der Waals surface area (Å²) in [5, 5.41) is 14.4. The number of carboxylic acid groups (broad SMARTS) is 1. The fraction of sp³-hybridized carbons (Fsp3) is 0.280. The maximum Gasteiger partial charge on any atom is 0.257 e. The van der Waals surface area contributed by atoms with Crippen LogP contribution in [0.25, 0.3) is 10.9 Å². The van der Waals surface area contributed by atoms with Gasteiger partial charge in [0.25, 0.3) is 5.91 Å². The normalized spacial score (nSPS) is 13.7. The van der Waals surface area contributed by atoms with Crippen LogP contribution >= 0.6 is 12.2 Å². The number of fused-ring (bicyclic) bond motifs is 1. The maximum absolute atomic E-state index is 15.1. The zero-order valence-electron chi connectivity index (χ0n) is 19.3. The van der Waals surface area contributed by atoms with E-state index >= 15 is 4.39 Å². The number of carboxylic acids is 1. The van der Waals surface area contributed by atoms with Gasteiger partial charge in [0.15, 0.2) is 10.5 Å². The molecule has 1 aliphatic rings. The van der Waals surface area contributed by atoms with Crippen molar-refractivity contribution in [3.8, 4) is 0 Å². The van der Waals surface area contributed by atoms with Crippen molar-refractivity contribution in [2.24, 2.45) is 0 Å². The van der Waals surface area contributed by atoms with Crippen molar-refractivity contribution < 1.29 is 19.1 Å². The number of carbonyl (C=O) groups is 2. The largest absolute Gasteiger partial charge is 0.545 e. The second kappa shape index (κ2) is 9.83. The van der Waals surface area contributed by atoms with E-state index in [0.29, 0.717) is 54.6 Å². The van der Waals surface area contributed by atoms with E-state index in [2.05, 4.69) is 5.32 Å². The summed E-state index contributed by atoms with van der Waals surface area (Å²) < 4.78 is 16.7. The van der Waals surface area contributed by atoms with Crippen LogP contribution in [-0.4, -0.2) is 52.6 Å². The average molecular weight is 496 g/mol. The molecule has 1 aliphatic heterocycles. The number of aromatic nitrogens is 1. The Morgan fingerprint density at radius 2 is 1.80 bits per heavy atom. The van der Waals surface area contributed by atoms with Gasteiger partial charge in [-0.2, -0.15) is 0 Å². The molecule has 35 heavy (non-hydrogen) atoms. The molecule has 1 amide bonds. The molecule has 1 saturated heterocycles. The molecule has 2 aromatic carbocycles. The molecule has 0 bridgehead atoms. The first-order valence-corrected chi connectivity index (χ1v) is 11.6. The first-order valence-electron chi connectivity index (χ1n) is 11.2. The van der Waals surface area contributed by atoms with Gasteiger partial charge in [-0.15, -0.1) is 0 Å². The molecule has 1 fully saturated rings. The highest BCUT2D eigenvalue weighted by atomic mass is 32.1. The standard InChI is InChI=1S/C25H25FN4O4S/c1-3-28-14-18(24(33)34)22(31)17-12-19(26)21(13-20(17)28)29-8-10-30(11-9-29)25(35)27-23(32)16-7-5-4-6-15(16)2/h4-7,12-14H,3,8-11H2,1-2H3,(H,33,34)(H,27,32,35)/p-1. The second-order valence-electron chi connectivity index (χ2n) is 8.31. The van der Waals surface area contributed by atoms with E-state index in [1.54, 1.807) is 29.7 Å². The van der Waals surface area contributed by atoms with Crippen molar-refractivity contribution in [2.75, 3.05) is 31.1 Å². The third-order valence-electron chi connectivity index (χ3n) is 6.23. The minimum absolute atomic E-state index is 0.00599. The Hall–Kier alpha value is -3.79. The quantitative estimate of drug-likeness (QED) is 0.550. The maximum atomic E-state index is 15.1. The van der Waals surface area contributed by atoms with Crippen LogP contribution in [0.4, 0.5) is 10.1 Å². The molecule has 8 nitrogen and oxygen atoms in total. The number of aromatic carboxylic acids is 1. The lowest BCUT2D eigenvalue weighted by atomic mass is 10.1. The van der Waals surface area contributed by atoms with Crippen LogP contribution in [0.1, 0.15) is 33.2 Å². The Bertz CT molecular complexity index is 1400. The summed E-state index contributed by atoms with van der Waals surface area (Å²) in [7, 11) is 0. The summed E-state index contributed by atoms with van der Waals surface area (Å²) in [6.45, 7) is 5.86. The fourth-order valence-electron chi connectivity index (χ4n) is 4.27. The molecule has 182 valence electrons. The lowest BCUT2D eigenvalue weighted by Crippen LogP contribution is -2.53. The van der Waals surface area contributed by atoms with E-state index in [1.807, 2.05) is 28.9 Å². The number of anilines is 1. The van der Waals surface area contributed by atoms with Crippen LogP contribution in [0.3, 0.4) is 0 Å². The average Bonchev–Trinajstić information content (AvgIpc) is 2.84. The molecule has 10 heteroatoms. The first kappa shape index (κ1) is 24.3. The highest BCUT2D eigenvalue weighted by molar-refractivity contribution is 7.80. The van der Waals surface area contributed by atoms with Gasteiger partial charge in [0.2, 0.25) is 0 Å². The molecule has 0 radical (unpaired) electrons. The predicted octanol–water partition coefficient (Wildman–Crippen LogP) is 1.67. The second-order valence-corrected chi connectivity index (χ2v) is 8.70. The Labute approximate surface area is 206 Å². The van der Waals surface area contributed by atoms with Crippen LogP contribution < -0.4 is 20.8 Å². The van der Waals surface area contributed by atoms with Gasteiger partial charge in [0.1, 0.15) is 5.82 Å². The van der Waals surface area contributed by atoms with E-state index in [9.17, 15) is 19.5 Å². The van der Waals surface area contributed by atoms with Crippen LogP contribution in [0.5, 0.6) is 0 Å². The van der Waals surface area contributed by atoms with Gasteiger partial charge in [0.05, 0.1) is 22.7 Å². The lowest BCUT2D eigenvalue weighted by molar-refractivity contribution is -0.255. The monoisotopic (exact) mass is 495 g/mol. The van der Waals surface area contributed by atoms with Crippen molar-refractivity contribution in [1.82, 2.24) is 14.8 Å². The number of benzene rings is 2. The van der Waals surface area contributed by atoms with Gasteiger partial charge in [-0.1, -0.05) is 18.2 Å². The smallest absolute Gasteiger partial charge is 0.257 e. The van der Waals surface area contributed by atoms with Crippen molar-refractivity contribution in [2.45, 2.75) is 20.4 Å². The number of hydrogen-bond donors (Lipinski definition) is 1. The molecule has 4 rings (SSSR count). The third kappa shape index (κ3) is 4.74. The van der Waals surface area contributed by atoms with Crippen LogP contribution in [0.15, 0.2) is 47.4 Å². The number of piperazine rings is 1. The number of rotatable bonds is 4. The Morgan fingerprint density at radius 3 is 2.43 bits per heavy atom. The van der Waals surface area contributed by atoms with Crippen molar-refractivity contribution in [3.05, 3.63) is 75.3 Å². The molecule has 1 N–H and O–H groups in total. The number of hydrogen-bond acceptors (Lipinski definition) is 6. The van der Waals surface area contributed by atoms with Gasteiger partial charge >= 0.3 is 0 Å². The fourth-order valence-corrected chi connectivity index (χ4v) is 4.55. The number of aryl methyl sites for hydroxylation is 2. The number of pyridine rings is 1. The molecule has 0 spiro atoms. The summed E-state index contributed by atoms with van der Waals surface area (Å²) in [5.74, 6) is -2.48. The third-order valence-corrected chi connectivity index (χ3v) is 6.59. The highest BCUT2D eigenvalue weighted by Gasteiger charge is 2.24. The number of nitrogens with zero attached hydrogens (tertiary/aromatic N) is 3. The van der Waals surface area contributed by atoms with Crippen LogP contribution in [-0.2, 0) is 6.54 Å². The van der Waals surface area contributed by atoms with E-state index in [0.717, 1.165) is 11.6 Å². The van der Waals surface area contributed by atoms with E-state index in [4.69, 9.17) is 12.2 Å². The van der Waals surface area contributed by atoms with Crippen LogP contribution in [0, 0.1) is 12.7 Å². The van der Waals surface area contributed by atoms with Gasteiger partial charge in [0, 0.05) is 49.9 Å². The highest BCUT2D eigenvalue weighted by Crippen LogP contribution is 2.26. The molecular formula is C25H24FN4O4S-. The van der Waals surface area contributed by atoms with Gasteiger partial charge in [-0.3, -0.25) is 14.9 Å². The van der Waals surface area contributed by atoms with E-state index in [-0.39, 0.29) is 11.3 Å². The van der Waals surface area contributed by atoms with Crippen molar-refractivity contribution >= 4 is 45.8 Å². The Balaban J connectivity index is 1.51. The summed E-state index contributed by atoms with van der Waals surface area (Å²) in [6.07, 6.45) is 1.23. The summed E-state index contributed by atoms with van der Waals surface area (Å²) in [6, 6.07) is 9.90. The molecule has 3 aromatic rings. The topological polar surface area (TPSA) is 97.7 Å². The number of carbonyl (C=O) groups excluding carboxylic acids is 2. The first-order chi connectivity index (χ1) is 16.7. The predicted molar refractivity (Wildman–Crippen MR) is 133 cm³/mol. The van der Waals surface area contributed by atoms with Gasteiger partial charge in [-0.05, 0) is 49.8 Å². The molecule has 1 aromatic heterocycles. The molecular weight excluding hydrogens is 471 g/mol. The Kier molecular flexibility index (Phi) is 6.83. The SMILES string of the molecule is CCn1cc(C(=O)[O-])c(=O)c2cc(F)c(N3CCN(C(=S)NC(=O)c4ccccc4C)CC3)cc21. The molecule has 0 aliphatic carbocycles. The zero-order valence-corrected chi connectivity index (χ0v) is 20.2. The number of nitrogens with one attached hydrogen (secondary N) is 1. The lowest BCUT2D eigenvalue weighted by Gasteiger charge is -2.37. The van der Waals surface area contributed by atoms with Gasteiger partial charge in [-0.25, -0.2) is 4.39 Å². The summed E-state index contributed by atoms with van der Waals surface area (Å²) in [5.41, 5.74) is 0.894. The zero-order chi connectivity index (χ0) is 25.3. The minimum atomic E-state index is -1.59. The molecule has 0 saturated carbocycles. The summed E-state index contributed by atoms with van der Waals surface area (Å²) in [4.78, 5) is 40.1. The van der Waals surface area contributed by atoms with E-state index in [1.165, 1.54) is 6.20 Å². The van der Waals surface area contributed by atoms with Crippen LogP contribution in [0.2, 0.25) is 0 Å². The van der Waals surface area contributed by atoms with Gasteiger partial charge < -0.3 is 24.3 Å². The van der Waals surface area contributed by atoms with E-state index < -0.39 is 22.8 Å². The number of amides is 1. The summed E-state index contributed by atoms with van der Waals surface area (Å²) >= 11 is 5.43. The van der Waals surface area contributed by atoms with Crippen molar-refractivity contribution in [1.29, 1.82) is 0 Å². The molecule has 0 unspecified atom stereocenters. The minimum Gasteiger partial charge on any atom is -0.545 e. The number of halogens is 1.